The number of rotatable bonds is 10. The van der Waals surface area contributed by atoms with Crippen molar-refractivity contribution in [1.29, 1.82) is 0 Å². The highest BCUT2D eigenvalue weighted by Gasteiger charge is 2.22. The molecule has 0 radical (unpaired) electrons. The molecule has 2 unspecified atom stereocenters. The summed E-state index contributed by atoms with van der Waals surface area (Å²) in [6.45, 7) is 1.08. The van der Waals surface area contributed by atoms with Gasteiger partial charge >= 0.3 is 11.9 Å². The Morgan fingerprint density at radius 2 is 1.10 bits per heavy atom. The van der Waals surface area contributed by atoms with Gasteiger partial charge in [0, 0.05) is 0 Å². The second-order valence-corrected chi connectivity index (χ2v) is 4.46. The van der Waals surface area contributed by atoms with Crippen LogP contribution in [0.15, 0.2) is 0 Å². The lowest BCUT2D eigenvalue weighted by Crippen LogP contribution is -2.35. The molecule has 0 fully saturated rings. The minimum Gasteiger partial charge on any atom is -0.438 e. The zero-order chi connectivity index (χ0) is 15.4. The number of carbonyl (C=O) groups excluding carboxylic acids is 2. The molecule has 0 aromatic heterocycles. The van der Waals surface area contributed by atoms with Gasteiger partial charge in [0.2, 0.25) is 0 Å². The highest BCUT2D eigenvalue weighted by atomic mass is 16.6. The van der Waals surface area contributed by atoms with Crippen molar-refractivity contribution in [3.05, 3.63) is 0 Å². The van der Waals surface area contributed by atoms with E-state index in [1.807, 2.05) is 0 Å². The van der Waals surface area contributed by atoms with Crippen LogP contribution in [0.25, 0.3) is 0 Å². The summed E-state index contributed by atoms with van der Waals surface area (Å²) in [4.78, 5) is 22.7. The van der Waals surface area contributed by atoms with Crippen molar-refractivity contribution in [1.82, 2.24) is 0 Å². The Morgan fingerprint density at radius 3 is 1.40 bits per heavy atom. The molecule has 8 heteroatoms. The molecule has 8 nitrogen and oxygen atoms in total. The fraction of sp³-hybridized carbons (Fsp3) is 0.833. The monoisotopic (exact) mass is 290 g/mol. The van der Waals surface area contributed by atoms with Gasteiger partial charge in [-0.05, 0) is 51.6 Å². The Bertz CT molecular complexity index is 261. The lowest BCUT2D eigenvalue weighted by Gasteiger charge is -2.15. The van der Waals surface area contributed by atoms with Crippen LogP contribution in [0.5, 0.6) is 0 Å². The smallest absolute Gasteiger partial charge is 0.419 e. The SMILES string of the molecule is NCCCCC(N)OC(=O)C(=O)OC(N)CCCCN. The van der Waals surface area contributed by atoms with Crippen molar-refractivity contribution in [2.24, 2.45) is 22.9 Å². The zero-order valence-electron chi connectivity index (χ0n) is 11.8. The fourth-order valence-electron chi connectivity index (χ4n) is 1.47. The summed E-state index contributed by atoms with van der Waals surface area (Å²) in [6, 6.07) is 0. The quantitative estimate of drug-likeness (QED) is 0.171. The number of esters is 2. The van der Waals surface area contributed by atoms with Gasteiger partial charge in [-0.15, -0.1) is 0 Å². The second kappa shape index (κ2) is 11.6. The van der Waals surface area contributed by atoms with E-state index in [9.17, 15) is 9.59 Å². The van der Waals surface area contributed by atoms with E-state index >= 15 is 0 Å². The van der Waals surface area contributed by atoms with Crippen LogP contribution in [-0.2, 0) is 19.1 Å². The first-order chi connectivity index (χ1) is 9.51. The summed E-state index contributed by atoms with van der Waals surface area (Å²) < 4.78 is 9.47. The summed E-state index contributed by atoms with van der Waals surface area (Å²) in [7, 11) is 0. The van der Waals surface area contributed by atoms with Crippen molar-refractivity contribution in [2.45, 2.75) is 51.0 Å². The first-order valence-electron chi connectivity index (χ1n) is 6.84. The van der Waals surface area contributed by atoms with E-state index < -0.39 is 24.4 Å². The topological polar surface area (TPSA) is 157 Å². The molecule has 0 amide bonds. The van der Waals surface area contributed by atoms with Crippen LogP contribution in [0.1, 0.15) is 38.5 Å². The van der Waals surface area contributed by atoms with Gasteiger partial charge in [-0.2, -0.15) is 0 Å². The number of carbonyl (C=O) groups is 2. The second-order valence-electron chi connectivity index (χ2n) is 4.46. The van der Waals surface area contributed by atoms with Crippen molar-refractivity contribution in [3.8, 4) is 0 Å². The van der Waals surface area contributed by atoms with Gasteiger partial charge < -0.3 is 20.9 Å². The van der Waals surface area contributed by atoms with Crippen LogP contribution < -0.4 is 22.9 Å². The maximum Gasteiger partial charge on any atom is 0.419 e. The van der Waals surface area contributed by atoms with E-state index in [0.29, 0.717) is 25.9 Å². The van der Waals surface area contributed by atoms with E-state index in [1.54, 1.807) is 0 Å². The van der Waals surface area contributed by atoms with Crippen molar-refractivity contribution in [3.63, 3.8) is 0 Å². The molecule has 20 heavy (non-hydrogen) atoms. The number of hydrogen-bond donors (Lipinski definition) is 4. The zero-order valence-corrected chi connectivity index (χ0v) is 11.8. The van der Waals surface area contributed by atoms with E-state index in [2.05, 4.69) is 0 Å². The van der Waals surface area contributed by atoms with Crippen LogP contribution >= 0.6 is 0 Å². The molecule has 0 saturated heterocycles. The van der Waals surface area contributed by atoms with E-state index in [1.165, 1.54) is 0 Å². The van der Waals surface area contributed by atoms with Crippen molar-refractivity contribution >= 4 is 11.9 Å². The molecule has 0 aliphatic carbocycles. The van der Waals surface area contributed by atoms with Crippen LogP contribution in [0.3, 0.4) is 0 Å². The Morgan fingerprint density at radius 1 is 0.750 bits per heavy atom. The van der Waals surface area contributed by atoms with Crippen LogP contribution in [0, 0.1) is 0 Å². The molecule has 0 saturated carbocycles. The molecule has 0 aliphatic rings. The Hall–Kier alpha value is -1.22. The van der Waals surface area contributed by atoms with Crippen LogP contribution in [-0.4, -0.2) is 37.5 Å². The molecule has 118 valence electrons. The molecule has 8 N–H and O–H groups in total. The third-order valence-electron chi connectivity index (χ3n) is 2.57. The number of unbranched alkanes of at least 4 members (excludes halogenated alkanes) is 2. The maximum atomic E-state index is 11.4. The lowest BCUT2D eigenvalue weighted by atomic mass is 10.2. The largest absolute Gasteiger partial charge is 0.438 e. The van der Waals surface area contributed by atoms with Crippen LogP contribution in [0.2, 0.25) is 0 Å². The highest BCUT2D eigenvalue weighted by molar-refractivity contribution is 6.29. The summed E-state index contributed by atoms with van der Waals surface area (Å²) in [5.74, 6) is -2.25. The first-order valence-corrected chi connectivity index (χ1v) is 6.84. The highest BCUT2D eigenvalue weighted by Crippen LogP contribution is 2.03. The van der Waals surface area contributed by atoms with Gasteiger partial charge in [0.25, 0.3) is 0 Å². The first kappa shape index (κ1) is 18.8. The molecular formula is C12H26N4O4. The van der Waals surface area contributed by atoms with Crippen molar-refractivity contribution < 1.29 is 19.1 Å². The summed E-state index contributed by atoms with van der Waals surface area (Å²) >= 11 is 0. The van der Waals surface area contributed by atoms with Gasteiger partial charge in [-0.1, -0.05) is 0 Å². The molecule has 0 bridgehead atoms. The predicted molar refractivity (Wildman–Crippen MR) is 73.9 cm³/mol. The van der Waals surface area contributed by atoms with Crippen molar-refractivity contribution in [2.75, 3.05) is 13.1 Å². The minimum absolute atomic E-state index is 0.443. The minimum atomic E-state index is -1.13. The maximum absolute atomic E-state index is 11.4. The third-order valence-corrected chi connectivity index (χ3v) is 2.57. The molecule has 0 heterocycles. The fourth-order valence-corrected chi connectivity index (χ4v) is 1.47. The summed E-state index contributed by atoms with van der Waals surface area (Å²) in [5.41, 5.74) is 21.7. The van der Waals surface area contributed by atoms with E-state index in [0.717, 1.165) is 25.7 Å². The summed E-state index contributed by atoms with van der Waals surface area (Å²) in [5, 5.41) is 0. The molecule has 0 aromatic carbocycles. The van der Waals surface area contributed by atoms with Gasteiger partial charge in [-0.3, -0.25) is 11.5 Å². The predicted octanol–water partition coefficient (Wildman–Crippen LogP) is -1.10. The lowest BCUT2D eigenvalue weighted by molar-refractivity contribution is -0.174. The number of hydrogen-bond acceptors (Lipinski definition) is 8. The molecular weight excluding hydrogens is 264 g/mol. The Labute approximate surface area is 119 Å². The number of nitrogens with two attached hydrogens (primary N) is 4. The standard InChI is InChI=1S/C12H26N4O4/c13-7-3-1-5-9(15)19-11(17)12(18)20-10(16)6-2-4-8-14/h9-10H,1-8,13-16H2. The van der Waals surface area contributed by atoms with Gasteiger partial charge in [0.15, 0.2) is 12.5 Å². The molecule has 0 aromatic rings. The third kappa shape index (κ3) is 9.68. The average molecular weight is 290 g/mol. The van der Waals surface area contributed by atoms with Crippen LogP contribution in [0.4, 0.5) is 0 Å². The van der Waals surface area contributed by atoms with Gasteiger partial charge in [-0.25, -0.2) is 9.59 Å². The Balaban J connectivity index is 3.87. The summed E-state index contributed by atoms with van der Waals surface area (Å²) in [6.07, 6.45) is 2.21. The van der Waals surface area contributed by atoms with E-state index in [4.69, 9.17) is 32.4 Å². The number of ether oxygens (including phenoxy) is 2. The van der Waals surface area contributed by atoms with E-state index in [-0.39, 0.29) is 0 Å². The normalized spacial score (nSPS) is 13.6. The molecule has 2 atom stereocenters. The van der Waals surface area contributed by atoms with Gasteiger partial charge in [0.1, 0.15) is 0 Å². The molecule has 0 rings (SSSR count). The molecule has 0 aliphatic heterocycles. The average Bonchev–Trinajstić information content (AvgIpc) is 2.39. The Kier molecular flexibility index (Phi) is 10.9. The molecule has 0 spiro atoms. The van der Waals surface area contributed by atoms with Gasteiger partial charge in [0.05, 0.1) is 0 Å².